The summed E-state index contributed by atoms with van der Waals surface area (Å²) in [5.41, 5.74) is 0.108. The van der Waals surface area contributed by atoms with Crippen LogP contribution >= 0.6 is 0 Å². The quantitative estimate of drug-likeness (QED) is 0.852. The van der Waals surface area contributed by atoms with Crippen molar-refractivity contribution < 1.29 is 31.5 Å². The molecule has 0 fully saturated rings. The molecule has 0 aromatic heterocycles. The standard InChI is InChI=1S/C12H10F5NO2/c13-10(14)6-1-2-9-7(3-6)4-8(5-20-9)18-11(19)12(15,16)17/h1-3,8,10H,4-5H2,(H,18,19). The lowest BCUT2D eigenvalue weighted by atomic mass is 10.0. The van der Waals surface area contributed by atoms with Gasteiger partial charge in [-0.3, -0.25) is 4.79 Å². The first kappa shape index (κ1) is 14.5. The Labute approximate surface area is 110 Å². The number of hydrogen-bond acceptors (Lipinski definition) is 2. The van der Waals surface area contributed by atoms with Crippen LogP contribution in [0, 0.1) is 0 Å². The fraction of sp³-hybridized carbons (Fsp3) is 0.417. The number of nitrogens with one attached hydrogen (secondary N) is 1. The summed E-state index contributed by atoms with van der Waals surface area (Å²) in [6.07, 6.45) is -7.64. The normalized spacial score (nSPS) is 18.4. The molecule has 1 N–H and O–H groups in total. The first-order valence-electron chi connectivity index (χ1n) is 5.69. The molecule has 1 aromatic rings. The van der Waals surface area contributed by atoms with Gasteiger partial charge in [0.1, 0.15) is 12.4 Å². The van der Waals surface area contributed by atoms with Gasteiger partial charge in [0.05, 0.1) is 6.04 Å². The first-order valence-corrected chi connectivity index (χ1v) is 5.69. The van der Waals surface area contributed by atoms with Gasteiger partial charge in [-0.15, -0.1) is 0 Å². The Bertz CT molecular complexity index is 515. The van der Waals surface area contributed by atoms with Crippen LogP contribution in [0.25, 0.3) is 0 Å². The molecule has 1 heterocycles. The van der Waals surface area contributed by atoms with E-state index in [1.807, 2.05) is 0 Å². The second kappa shape index (κ2) is 5.26. The van der Waals surface area contributed by atoms with Crippen molar-refractivity contribution >= 4 is 5.91 Å². The summed E-state index contributed by atoms with van der Waals surface area (Å²) in [6.45, 7) is -0.136. The minimum atomic E-state index is -4.98. The van der Waals surface area contributed by atoms with Crippen LogP contribution in [0.5, 0.6) is 5.75 Å². The van der Waals surface area contributed by atoms with E-state index < -0.39 is 24.6 Å². The van der Waals surface area contributed by atoms with Gasteiger partial charge >= 0.3 is 12.1 Å². The number of halogens is 5. The van der Waals surface area contributed by atoms with Crippen molar-refractivity contribution in [3.8, 4) is 5.75 Å². The minimum absolute atomic E-state index is 0.0116. The monoisotopic (exact) mass is 295 g/mol. The van der Waals surface area contributed by atoms with Crippen molar-refractivity contribution in [1.29, 1.82) is 0 Å². The van der Waals surface area contributed by atoms with Crippen LogP contribution < -0.4 is 10.1 Å². The topological polar surface area (TPSA) is 38.3 Å². The SMILES string of the molecule is O=C(NC1COc2ccc(C(F)F)cc2C1)C(F)(F)F. The number of fused-ring (bicyclic) bond motifs is 1. The van der Waals surface area contributed by atoms with Crippen LogP contribution in [0.1, 0.15) is 17.6 Å². The molecule has 20 heavy (non-hydrogen) atoms. The Morgan fingerprint density at radius 2 is 2.05 bits per heavy atom. The van der Waals surface area contributed by atoms with Gasteiger partial charge in [0.15, 0.2) is 0 Å². The summed E-state index contributed by atoms with van der Waals surface area (Å²) < 4.78 is 66.6. The summed E-state index contributed by atoms with van der Waals surface area (Å²) in [4.78, 5) is 10.8. The van der Waals surface area contributed by atoms with Gasteiger partial charge in [-0.05, 0) is 30.2 Å². The summed E-state index contributed by atoms with van der Waals surface area (Å²) in [5.74, 6) is -1.73. The average molecular weight is 295 g/mol. The lowest BCUT2D eigenvalue weighted by molar-refractivity contribution is -0.174. The maximum Gasteiger partial charge on any atom is 0.471 e. The second-order valence-corrected chi connectivity index (χ2v) is 4.35. The molecule has 3 nitrogen and oxygen atoms in total. The lowest BCUT2D eigenvalue weighted by Gasteiger charge is -2.26. The van der Waals surface area contributed by atoms with Gasteiger partial charge in [0.25, 0.3) is 6.43 Å². The summed E-state index contributed by atoms with van der Waals surface area (Å²) in [7, 11) is 0. The van der Waals surface area contributed by atoms with E-state index in [2.05, 4.69) is 0 Å². The van der Waals surface area contributed by atoms with E-state index in [4.69, 9.17) is 4.74 Å². The first-order chi connectivity index (χ1) is 9.27. The van der Waals surface area contributed by atoms with Crippen LogP contribution in [0.3, 0.4) is 0 Å². The minimum Gasteiger partial charge on any atom is -0.491 e. The molecule has 1 aliphatic heterocycles. The molecule has 0 radical (unpaired) electrons. The highest BCUT2D eigenvalue weighted by Gasteiger charge is 2.40. The molecule has 0 saturated heterocycles. The van der Waals surface area contributed by atoms with Crippen molar-refractivity contribution in [2.75, 3.05) is 6.61 Å². The number of alkyl halides is 5. The number of rotatable bonds is 2. The highest BCUT2D eigenvalue weighted by atomic mass is 19.4. The maximum absolute atomic E-state index is 12.5. The number of ether oxygens (including phenoxy) is 1. The van der Waals surface area contributed by atoms with E-state index in [0.29, 0.717) is 11.3 Å². The molecule has 0 bridgehead atoms. The fourth-order valence-electron chi connectivity index (χ4n) is 1.91. The molecule has 8 heteroatoms. The van der Waals surface area contributed by atoms with Gasteiger partial charge in [0.2, 0.25) is 0 Å². The zero-order valence-corrected chi connectivity index (χ0v) is 10.0. The average Bonchev–Trinajstić information content (AvgIpc) is 2.36. The second-order valence-electron chi connectivity index (χ2n) is 4.35. The Kier molecular flexibility index (Phi) is 3.82. The van der Waals surface area contributed by atoms with Crippen LogP contribution in [0.2, 0.25) is 0 Å². The highest BCUT2D eigenvalue weighted by Crippen LogP contribution is 2.29. The van der Waals surface area contributed by atoms with Crippen LogP contribution in [-0.2, 0) is 11.2 Å². The number of carbonyl (C=O) groups is 1. The number of amides is 1. The molecule has 0 saturated carbocycles. The van der Waals surface area contributed by atoms with Crippen LogP contribution in [0.15, 0.2) is 18.2 Å². The summed E-state index contributed by atoms with van der Waals surface area (Å²) >= 11 is 0. The zero-order chi connectivity index (χ0) is 14.9. The predicted octanol–water partition coefficient (Wildman–Crippen LogP) is 2.61. The molecule has 110 valence electrons. The Morgan fingerprint density at radius 3 is 2.65 bits per heavy atom. The van der Waals surface area contributed by atoms with E-state index in [1.165, 1.54) is 18.2 Å². The van der Waals surface area contributed by atoms with E-state index in [0.717, 1.165) is 0 Å². The van der Waals surface area contributed by atoms with E-state index >= 15 is 0 Å². The zero-order valence-electron chi connectivity index (χ0n) is 10.0. The van der Waals surface area contributed by atoms with Crippen LogP contribution in [-0.4, -0.2) is 24.7 Å². The van der Waals surface area contributed by atoms with Crippen LogP contribution in [0.4, 0.5) is 22.0 Å². The fourth-order valence-corrected chi connectivity index (χ4v) is 1.91. The molecule has 1 aromatic carbocycles. The van der Waals surface area contributed by atoms with Crippen molar-refractivity contribution in [3.63, 3.8) is 0 Å². The maximum atomic E-state index is 12.5. The summed E-state index contributed by atoms with van der Waals surface area (Å²) in [6, 6.07) is 2.81. The third-order valence-corrected chi connectivity index (χ3v) is 2.84. The van der Waals surface area contributed by atoms with E-state index in [-0.39, 0.29) is 18.6 Å². The smallest absolute Gasteiger partial charge is 0.471 e. The van der Waals surface area contributed by atoms with Crippen molar-refractivity contribution in [2.45, 2.75) is 25.1 Å². The highest BCUT2D eigenvalue weighted by molar-refractivity contribution is 5.82. The molecule has 1 aliphatic rings. The Hall–Kier alpha value is -1.86. The van der Waals surface area contributed by atoms with Crippen molar-refractivity contribution in [2.24, 2.45) is 0 Å². The van der Waals surface area contributed by atoms with Crippen molar-refractivity contribution in [1.82, 2.24) is 5.32 Å². The largest absolute Gasteiger partial charge is 0.491 e. The Balaban J connectivity index is 2.10. The Morgan fingerprint density at radius 1 is 1.35 bits per heavy atom. The molecule has 2 rings (SSSR count). The molecule has 0 spiro atoms. The number of hydrogen-bond donors (Lipinski definition) is 1. The third kappa shape index (κ3) is 3.17. The van der Waals surface area contributed by atoms with Gasteiger partial charge in [0, 0.05) is 5.56 Å². The van der Waals surface area contributed by atoms with Gasteiger partial charge < -0.3 is 10.1 Å². The van der Waals surface area contributed by atoms with Gasteiger partial charge in [-0.2, -0.15) is 13.2 Å². The molecular weight excluding hydrogens is 285 g/mol. The van der Waals surface area contributed by atoms with Gasteiger partial charge in [-0.25, -0.2) is 8.78 Å². The third-order valence-electron chi connectivity index (χ3n) is 2.84. The number of carbonyl (C=O) groups excluding carboxylic acids is 1. The molecule has 0 aliphatic carbocycles. The lowest BCUT2D eigenvalue weighted by Crippen LogP contribution is -2.48. The number of benzene rings is 1. The summed E-state index contributed by atoms with van der Waals surface area (Å²) in [5, 5.41) is 1.77. The van der Waals surface area contributed by atoms with E-state index in [1.54, 1.807) is 5.32 Å². The molecular formula is C12H10F5NO2. The molecule has 1 atom stereocenters. The molecule has 1 unspecified atom stereocenters. The van der Waals surface area contributed by atoms with E-state index in [9.17, 15) is 26.7 Å². The predicted molar refractivity (Wildman–Crippen MR) is 58.6 cm³/mol. The van der Waals surface area contributed by atoms with Crippen molar-refractivity contribution in [3.05, 3.63) is 29.3 Å². The molecule has 1 amide bonds. The van der Waals surface area contributed by atoms with Gasteiger partial charge in [-0.1, -0.05) is 0 Å².